The molecule has 1 aliphatic carbocycles. The van der Waals surface area contributed by atoms with E-state index in [-0.39, 0.29) is 12.1 Å². The molecule has 6 heteroatoms. The second kappa shape index (κ2) is 7.11. The van der Waals surface area contributed by atoms with Crippen LogP contribution in [0.4, 0.5) is 0 Å². The van der Waals surface area contributed by atoms with Crippen LogP contribution < -0.4 is 5.32 Å². The number of nitrogens with one attached hydrogen (secondary N) is 1. The highest BCUT2D eigenvalue weighted by atomic mass is 32.2. The van der Waals surface area contributed by atoms with Gasteiger partial charge < -0.3 is 15.0 Å². The minimum Gasteiger partial charge on any atom is -0.394 e. The Labute approximate surface area is 131 Å². The fourth-order valence-corrected chi connectivity index (χ4v) is 4.40. The molecule has 1 aliphatic rings. The number of aryl methyl sites for hydroxylation is 1. The maximum atomic E-state index is 9.90. The highest BCUT2D eigenvalue weighted by Gasteiger charge is 2.42. The van der Waals surface area contributed by atoms with Crippen molar-refractivity contribution in [1.82, 2.24) is 20.1 Å². The van der Waals surface area contributed by atoms with Crippen LogP contribution in [0.25, 0.3) is 0 Å². The van der Waals surface area contributed by atoms with Crippen LogP contribution in [0.2, 0.25) is 0 Å². The first kappa shape index (κ1) is 16.8. The zero-order valence-corrected chi connectivity index (χ0v) is 14.4. The van der Waals surface area contributed by atoms with E-state index in [1.54, 1.807) is 11.8 Å². The van der Waals surface area contributed by atoms with Crippen LogP contribution >= 0.6 is 11.8 Å². The van der Waals surface area contributed by atoms with Gasteiger partial charge in [0.05, 0.1) is 6.61 Å². The van der Waals surface area contributed by atoms with Crippen molar-refractivity contribution in [3.8, 4) is 0 Å². The van der Waals surface area contributed by atoms with Gasteiger partial charge in [0.1, 0.15) is 5.82 Å². The quantitative estimate of drug-likeness (QED) is 0.755. The molecule has 0 spiro atoms. The summed E-state index contributed by atoms with van der Waals surface area (Å²) in [7, 11) is 2.01. The molecule has 0 aliphatic heterocycles. The molecule has 2 unspecified atom stereocenters. The number of aromatic nitrogens is 3. The minimum atomic E-state index is -0.0788. The first-order valence-electron chi connectivity index (χ1n) is 7.86. The van der Waals surface area contributed by atoms with Crippen LogP contribution in [-0.2, 0) is 7.05 Å². The Kier molecular flexibility index (Phi) is 5.68. The van der Waals surface area contributed by atoms with Gasteiger partial charge in [0.15, 0.2) is 5.16 Å². The SMILES string of the molecule is Cc1nnc(SCCC2CCCC2(CO)NC(C)C)n1C. The molecular formula is C15H28N4OS. The molecule has 2 rings (SSSR count). The molecule has 2 atom stereocenters. The summed E-state index contributed by atoms with van der Waals surface area (Å²) in [5.41, 5.74) is -0.0788. The Morgan fingerprint density at radius 1 is 1.48 bits per heavy atom. The lowest BCUT2D eigenvalue weighted by molar-refractivity contribution is 0.113. The van der Waals surface area contributed by atoms with E-state index in [4.69, 9.17) is 0 Å². The maximum Gasteiger partial charge on any atom is 0.190 e. The van der Waals surface area contributed by atoms with Crippen LogP contribution in [0.1, 0.15) is 45.4 Å². The van der Waals surface area contributed by atoms with E-state index >= 15 is 0 Å². The molecule has 0 saturated heterocycles. The summed E-state index contributed by atoms with van der Waals surface area (Å²) < 4.78 is 2.03. The van der Waals surface area contributed by atoms with E-state index in [1.165, 1.54) is 12.8 Å². The third-order valence-electron chi connectivity index (χ3n) is 4.57. The second-order valence-electron chi connectivity index (χ2n) is 6.43. The number of nitrogens with zero attached hydrogens (tertiary/aromatic N) is 3. The van der Waals surface area contributed by atoms with Gasteiger partial charge in [0.25, 0.3) is 0 Å². The molecule has 1 aromatic heterocycles. The predicted octanol–water partition coefficient (Wildman–Crippen LogP) is 2.13. The van der Waals surface area contributed by atoms with Crippen molar-refractivity contribution < 1.29 is 5.11 Å². The molecule has 1 aromatic rings. The van der Waals surface area contributed by atoms with Gasteiger partial charge in [-0.15, -0.1) is 10.2 Å². The number of thioether (sulfide) groups is 1. The topological polar surface area (TPSA) is 63.0 Å². The average molecular weight is 312 g/mol. The lowest BCUT2D eigenvalue weighted by Crippen LogP contribution is -2.54. The van der Waals surface area contributed by atoms with E-state index < -0.39 is 0 Å². The van der Waals surface area contributed by atoms with Crippen molar-refractivity contribution >= 4 is 11.8 Å². The molecule has 0 amide bonds. The van der Waals surface area contributed by atoms with E-state index in [2.05, 4.69) is 29.4 Å². The van der Waals surface area contributed by atoms with Gasteiger partial charge in [-0.3, -0.25) is 0 Å². The lowest BCUT2D eigenvalue weighted by atomic mass is 9.85. The highest BCUT2D eigenvalue weighted by molar-refractivity contribution is 7.99. The van der Waals surface area contributed by atoms with Crippen LogP contribution in [0.15, 0.2) is 5.16 Å². The third-order valence-corrected chi connectivity index (χ3v) is 5.62. The van der Waals surface area contributed by atoms with E-state index in [0.29, 0.717) is 12.0 Å². The first-order valence-corrected chi connectivity index (χ1v) is 8.84. The van der Waals surface area contributed by atoms with Gasteiger partial charge in [-0.2, -0.15) is 0 Å². The summed E-state index contributed by atoms with van der Waals surface area (Å²) in [6.07, 6.45) is 4.61. The summed E-state index contributed by atoms with van der Waals surface area (Å²) in [6, 6.07) is 0.409. The largest absolute Gasteiger partial charge is 0.394 e. The Bertz CT molecular complexity index is 463. The van der Waals surface area contributed by atoms with Gasteiger partial charge >= 0.3 is 0 Å². The summed E-state index contributed by atoms with van der Waals surface area (Å²) in [5.74, 6) is 2.52. The van der Waals surface area contributed by atoms with Gasteiger partial charge in [-0.25, -0.2) is 0 Å². The van der Waals surface area contributed by atoms with Crippen molar-refractivity contribution in [1.29, 1.82) is 0 Å². The van der Waals surface area contributed by atoms with Crippen molar-refractivity contribution in [2.24, 2.45) is 13.0 Å². The molecular weight excluding hydrogens is 284 g/mol. The third kappa shape index (κ3) is 3.79. The number of hydrogen-bond donors (Lipinski definition) is 2. The second-order valence-corrected chi connectivity index (χ2v) is 7.49. The van der Waals surface area contributed by atoms with Crippen LogP contribution in [0, 0.1) is 12.8 Å². The predicted molar refractivity (Wildman–Crippen MR) is 86.5 cm³/mol. The smallest absolute Gasteiger partial charge is 0.190 e. The zero-order valence-electron chi connectivity index (χ0n) is 13.6. The molecule has 0 bridgehead atoms. The van der Waals surface area contributed by atoms with Gasteiger partial charge in [0, 0.05) is 24.4 Å². The Balaban J connectivity index is 1.90. The molecule has 21 heavy (non-hydrogen) atoms. The molecule has 120 valence electrons. The number of aliphatic hydroxyl groups is 1. The summed E-state index contributed by atoms with van der Waals surface area (Å²) in [4.78, 5) is 0. The van der Waals surface area contributed by atoms with Gasteiger partial charge in [-0.05, 0) is 32.1 Å². The van der Waals surface area contributed by atoms with Crippen LogP contribution in [0.5, 0.6) is 0 Å². The fraction of sp³-hybridized carbons (Fsp3) is 0.867. The van der Waals surface area contributed by atoms with Crippen molar-refractivity contribution in [3.63, 3.8) is 0 Å². The zero-order chi connectivity index (χ0) is 15.5. The Hall–Kier alpha value is -0.590. The van der Waals surface area contributed by atoms with Crippen molar-refractivity contribution in [3.05, 3.63) is 5.82 Å². The number of aliphatic hydroxyl groups excluding tert-OH is 1. The summed E-state index contributed by atoms with van der Waals surface area (Å²) >= 11 is 1.76. The lowest BCUT2D eigenvalue weighted by Gasteiger charge is -2.37. The monoisotopic (exact) mass is 312 g/mol. The first-order chi connectivity index (χ1) is 9.98. The van der Waals surface area contributed by atoms with Crippen LogP contribution in [-0.4, -0.2) is 43.8 Å². The summed E-state index contributed by atoms with van der Waals surface area (Å²) in [6.45, 7) is 6.52. The van der Waals surface area contributed by atoms with E-state index in [0.717, 1.165) is 29.6 Å². The molecule has 0 aromatic carbocycles. The van der Waals surface area contributed by atoms with Crippen molar-refractivity contribution in [2.75, 3.05) is 12.4 Å². The maximum absolute atomic E-state index is 9.90. The van der Waals surface area contributed by atoms with Crippen molar-refractivity contribution in [2.45, 2.75) is 63.2 Å². The Morgan fingerprint density at radius 3 is 2.81 bits per heavy atom. The van der Waals surface area contributed by atoms with E-state index in [1.807, 2.05) is 18.5 Å². The summed E-state index contributed by atoms with van der Waals surface area (Å²) in [5, 5.41) is 22.8. The van der Waals surface area contributed by atoms with Gasteiger partial charge in [0.2, 0.25) is 0 Å². The average Bonchev–Trinajstić information content (AvgIpc) is 2.97. The number of hydrogen-bond acceptors (Lipinski definition) is 5. The molecule has 5 nitrogen and oxygen atoms in total. The molecule has 1 heterocycles. The van der Waals surface area contributed by atoms with E-state index in [9.17, 15) is 5.11 Å². The Morgan fingerprint density at radius 2 is 2.24 bits per heavy atom. The number of rotatable bonds is 7. The highest BCUT2D eigenvalue weighted by Crippen LogP contribution is 2.39. The molecule has 1 fully saturated rings. The molecule has 1 saturated carbocycles. The van der Waals surface area contributed by atoms with Crippen LogP contribution in [0.3, 0.4) is 0 Å². The minimum absolute atomic E-state index is 0.0788. The fourth-order valence-electron chi connectivity index (χ4n) is 3.39. The van der Waals surface area contributed by atoms with Gasteiger partial charge in [-0.1, -0.05) is 32.0 Å². The molecule has 0 radical (unpaired) electrons. The standard InChI is InChI=1S/C15H28N4OS/c1-11(2)16-15(10-20)8-5-6-13(15)7-9-21-14-18-17-12(3)19(14)4/h11,13,16,20H,5-10H2,1-4H3. The normalized spacial score (nSPS) is 25.9. The molecule has 2 N–H and O–H groups in total.